The van der Waals surface area contributed by atoms with Gasteiger partial charge in [0.2, 0.25) is 0 Å². The summed E-state index contributed by atoms with van der Waals surface area (Å²) in [6.07, 6.45) is 11.8. The summed E-state index contributed by atoms with van der Waals surface area (Å²) in [6, 6.07) is 3.83. The fraction of sp³-hybridized carbons (Fsp3) is 0.471. The van der Waals surface area contributed by atoms with E-state index in [1.807, 2.05) is 22.9 Å². The number of imidazole rings is 1. The lowest BCUT2D eigenvalue weighted by atomic mass is 9.84. The van der Waals surface area contributed by atoms with Crippen LogP contribution in [0.25, 0.3) is 5.82 Å². The summed E-state index contributed by atoms with van der Waals surface area (Å²) in [5, 5.41) is 3.03. The monoisotopic (exact) mass is 314 g/mol. The maximum absolute atomic E-state index is 12.6. The molecule has 2 aromatic heterocycles. The minimum Gasteiger partial charge on any atom is -0.368 e. The van der Waals surface area contributed by atoms with Crippen LogP contribution >= 0.6 is 0 Å². The highest BCUT2D eigenvalue weighted by molar-refractivity contribution is 5.85. The molecule has 1 aliphatic carbocycles. The molecule has 1 fully saturated rings. The van der Waals surface area contributed by atoms with Gasteiger partial charge in [-0.05, 0) is 18.9 Å². The van der Waals surface area contributed by atoms with Gasteiger partial charge in [-0.1, -0.05) is 25.3 Å². The molecule has 1 aliphatic rings. The maximum Gasteiger partial charge on any atom is 0.252 e. The van der Waals surface area contributed by atoms with E-state index in [-0.39, 0.29) is 5.91 Å². The number of pyridine rings is 1. The second kappa shape index (κ2) is 6.91. The van der Waals surface area contributed by atoms with Gasteiger partial charge in [0.15, 0.2) is 0 Å². The van der Waals surface area contributed by atoms with Crippen molar-refractivity contribution in [3.63, 3.8) is 0 Å². The van der Waals surface area contributed by atoms with Crippen molar-refractivity contribution in [1.29, 1.82) is 0 Å². The largest absolute Gasteiger partial charge is 0.368 e. The van der Waals surface area contributed by atoms with Gasteiger partial charge < -0.3 is 10.1 Å². The van der Waals surface area contributed by atoms with Gasteiger partial charge >= 0.3 is 0 Å². The van der Waals surface area contributed by atoms with Crippen LogP contribution in [-0.4, -0.2) is 33.2 Å². The van der Waals surface area contributed by atoms with Crippen LogP contribution in [0.15, 0.2) is 37.1 Å². The second-order valence-corrected chi connectivity index (χ2v) is 5.90. The lowest BCUT2D eigenvalue weighted by Crippen LogP contribution is -2.49. The van der Waals surface area contributed by atoms with Crippen LogP contribution in [0.2, 0.25) is 0 Å². The van der Waals surface area contributed by atoms with E-state index < -0.39 is 5.60 Å². The Bertz CT molecular complexity index is 648. The number of methoxy groups -OCH3 is 1. The van der Waals surface area contributed by atoms with Crippen LogP contribution in [0, 0.1) is 0 Å². The minimum absolute atomic E-state index is 0.0277. The second-order valence-electron chi connectivity index (χ2n) is 5.90. The molecule has 0 spiro atoms. The molecule has 2 aromatic rings. The SMILES string of the molecule is COC1(C(=O)NCc2cccnc2-n2ccnc2)CCCCC1. The number of aromatic nitrogens is 3. The van der Waals surface area contributed by atoms with Gasteiger partial charge in [0.1, 0.15) is 17.7 Å². The molecule has 6 nitrogen and oxygen atoms in total. The first-order chi connectivity index (χ1) is 11.2. The van der Waals surface area contributed by atoms with Crippen molar-refractivity contribution in [3.8, 4) is 5.82 Å². The zero-order chi connectivity index (χ0) is 16.1. The summed E-state index contributed by atoms with van der Waals surface area (Å²) >= 11 is 0. The van der Waals surface area contributed by atoms with Crippen LogP contribution in [0.1, 0.15) is 37.7 Å². The number of ether oxygens (including phenoxy) is 1. The summed E-state index contributed by atoms with van der Waals surface area (Å²) in [5.74, 6) is 0.751. The minimum atomic E-state index is -0.671. The van der Waals surface area contributed by atoms with E-state index in [9.17, 15) is 4.79 Å². The summed E-state index contributed by atoms with van der Waals surface area (Å²) < 4.78 is 7.43. The molecule has 1 N–H and O–H groups in total. The number of carbonyl (C=O) groups excluding carboxylic acids is 1. The number of nitrogens with zero attached hydrogens (tertiary/aromatic N) is 3. The molecule has 6 heteroatoms. The molecule has 0 aliphatic heterocycles. The average Bonchev–Trinajstić information content (AvgIpc) is 3.15. The Morgan fingerprint density at radius 3 is 2.87 bits per heavy atom. The number of nitrogens with one attached hydrogen (secondary N) is 1. The fourth-order valence-corrected chi connectivity index (χ4v) is 3.17. The van der Waals surface area contributed by atoms with Crippen molar-refractivity contribution in [1.82, 2.24) is 19.9 Å². The highest BCUT2D eigenvalue weighted by atomic mass is 16.5. The van der Waals surface area contributed by atoms with Crippen molar-refractivity contribution in [2.75, 3.05) is 7.11 Å². The summed E-state index contributed by atoms with van der Waals surface area (Å²) in [5.41, 5.74) is 0.274. The number of hydrogen-bond donors (Lipinski definition) is 1. The van der Waals surface area contributed by atoms with Gasteiger partial charge in [0.05, 0.1) is 0 Å². The Morgan fingerprint density at radius 2 is 2.17 bits per heavy atom. The van der Waals surface area contributed by atoms with E-state index in [0.717, 1.165) is 37.1 Å². The molecular formula is C17H22N4O2. The normalized spacial score (nSPS) is 16.9. The van der Waals surface area contributed by atoms with Crippen molar-refractivity contribution >= 4 is 5.91 Å². The molecule has 2 heterocycles. The lowest BCUT2D eigenvalue weighted by Gasteiger charge is -2.34. The first kappa shape index (κ1) is 15.7. The molecule has 1 amide bonds. The summed E-state index contributed by atoms with van der Waals surface area (Å²) in [6.45, 7) is 0.422. The Balaban J connectivity index is 1.72. The van der Waals surface area contributed by atoms with Gasteiger partial charge in [-0.15, -0.1) is 0 Å². The molecule has 0 atom stereocenters. The maximum atomic E-state index is 12.6. The molecule has 1 saturated carbocycles. The van der Waals surface area contributed by atoms with Gasteiger partial charge in [0.25, 0.3) is 5.91 Å². The first-order valence-corrected chi connectivity index (χ1v) is 8.01. The summed E-state index contributed by atoms with van der Waals surface area (Å²) in [7, 11) is 1.63. The molecule has 0 saturated heterocycles. The van der Waals surface area contributed by atoms with E-state index in [1.54, 1.807) is 25.8 Å². The molecule has 122 valence electrons. The fourth-order valence-electron chi connectivity index (χ4n) is 3.17. The van der Waals surface area contributed by atoms with Crippen LogP contribution in [0.4, 0.5) is 0 Å². The van der Waals surface area contributed by atoms with Crippen molar-refractivity contribution in [2.45, 2.75) is 44.2 Å². The van der Waals surface area contributed by atoms with Gasteiger partial charge in [-0.3, -0.25) is 9.36 Å². The number of carbonyl (C=O) groups is 1. The standard InChI is InChI=1S/C17H22N4O2/c1-23-17(7-3-2-4-8-17)16(22)20-12-14-6-5-9-19-15(14)21-11-10-18-13-21/h5-6,9-11,13H,2-4,7-8,12H2,1H3,(H,20,22). The van der Waals surface area contributed by atoms with Gasteiger partial charge in [0, 0.05) is 37.8 Å². The van der Waals surface area contributed by atoms with Crippen LogP contribution in [-0.2, 0) is 16.1 Å². The van der Waals surface area contributed by atoms with Crippen molar-refractivity contribution in [3.05, 3.63) is 42.6 Å². The van der Waals surface area contributed by atoms with E-state index >= 15 is 0 Å². The van der Waals surface area contributed by atoms with Crippen LogP contribution in [0.5, 0.6) is 0 Å². The molecule has 0 aromatic carbocycles. The first-order valence-electron chi connectivity index (χ1n) is 8.01. The third-order valence-electron chi connectivity index (χ3n) is 4.52. The molecule has 23 heavy (non-hydrogen) atoms. The van der Waals surface area contributed by atoms with E-state index in [0.29, 0.717) is 6.54 Å². The molecule has 0 bridgehead atoms. The number of amides is 1. The summed E-state index contributed by atoms with van der Waals surface area (Å²) in [4.78, 5) is 21.1. The Labute approximate surface area is 135 Å². The molecular weight excluding hydrogens is 292 g/mol. The Morgan fingerprint density at radius 1 is 1.35 bits per heavy atom. The van der Waals surface area contributed by atoms with E-state index in [4.69, 9.17) is 4.74 Å². The smallest absolute Gasteiger partial charge is 0.252 e. The van der Waals surface area contributed by atoms with E-state index in [1.165, 1.54) is 6.42 Å². The zero-order valence-corrected chi connectivity index (χ0v) is 13.4. The van der Waals surface area contributed by atoms with Gasteiger partial charge in [-0.2, -0.15) is 0 Å². The molecule has 0 radical (unpaired) electrons. The quantitative estimate of drug-likeness (QED) is 0.919. The Hall–Kier alpha value is -2.21. The lowest BCUT2D eigenvalue weighted by molar-refractivity contribution is -0.147. The van der Waals surface area contributed by atoms with Crippen molar-refractivity contribution < 1.29 is 9.53 Å². The van der Waals surface area contributed by atoms with Crippen LogP contribution in [0.3, 0.4) is 0 Å². The molecule has 3 rings (SSSR count). The van der Waals surface area contributed by atoms with Crippen LogP contribution < -0.4 is 5.32 Å². The number of hydrogen-bond acceptors (Lipinski definition) is 4. The average molecular weight is 314 g/mol. The number of rotatable bonds is 5. The zero-order valence-electron chi connectivity index (χ0n) is 13.4. The van der Waals surface area contributed by atoms with Crippen molar-refractivity contribution in [2.24, 2.45) is 0 Å². The highest BCUT2D eigenvalue weighted by Crippen LogP contribution is 2.31. The Kier molecular flexibility index (Phi) is 4.71. The molecule has 0 unspecified atom stereocenters. The third kappa shape index (κ3) is 3.27. The van der Waals surface area contributed by atoms with E-state index in [2.05, 4.69) is 15.3 Å². The highest BCUT2D eigenvalue weighted by Gasteiger charge is 2.39. The topological polar surface area (TPSA) is 69.0 Å². The predicted molar refractivity (Wildman–Crippen MR) is 86.0 cm³/mol. The predicted octanol–water partition coefficient (Wildman–Crippen LogP) is 2.23. The third-order valence-corrected chi connectivity index (χ3v) is 4.52. The van der Waals surface area contributed by atoms with Gasteiger partial charge in [-0.25, -0.2) is 9.97 Å².